The van der Waals surface area contributed by atoms with Gasteiger partial charge in [-0.2, -0.15) is 0 Å². The Labute approximate surface area is 91.4 Å². The van der Waals surface area contributed by atoms with Crippen molar-refractivity contribution in [2.24, 2.45) is 0 Å². The summed E-state index contributed by atoms with van der Waals surface area (Å²) in [6.45, 7) is 0.199. The van der Waals surface area contributed by atoms with Crippen LogP contribution in [-0.4, -0.2) is 17.9 Å². The van der Waals surface area contributed by atoms with E-state index in [1.807, 2.05) is 0 Å². The van der Waals surface area contributed by atoms with Crippen LogP contribution in [0.3, 0.4) is 0 Å². The van der Waals surface area contributed by atoms with E-state index >= 15 is 0 Å². The van der Waals surface area contributed by atoms with Gasteiger partial charge in [0, 0.05) is 0 Å². The predicted octanol–water partition coefficient (Wildman–Crippen LogP) is 2.17. The molecule has 15 heavy (non-hydrogen) atoms. The van der Waals surface area contributed by atoms with Crippen molar-refractivity contribution in [2.45, 2.75) is 11.8 Å². The summed E-state index contributed by atoms with van der Waals surface area (Å²) < 4.78 is 10.3. The van der Waals surface area contributed by atoms with Crippen molar-refractivity contribution in [2.75, 3.05) is 6.79 Å². The Morgan fingerprint density at radius 3 is 2.93 bits per heavy atom. The molecule has 0 aromatic heterocycles. The van der Waals surface area contributed by atoms with E-state index in [0.717, 1.165) is 5.56 Å². The minimum Gasteiger partial charge on any atom is -0.481 e. The number of alkyl halides is 1. The molecule has 1 aliphatic heterocycles. The number of rotatable bonds is 3. The first-order valence-corrected chi connectivity index (χ1v) is 4.86. The standard InChI is InChI=1S/C10H9ClO4/c11-7(4-10(12)13)6-1-2-8-9(3-6)15-5-14-8/h1-3,7H,4-5H2,(H,12,13). The average molecular weight is 229 g/mol. The van der Waals surface area contributed by atoms with Crippen LogP contribution < -0.4 is 9.47 Å². The van der Waals surface area contributed by atoms with E-state index in [1.165, 1.54) is 0 Å². The second-order valence-electron chi connectivity index (χ2n) is 3.18. The monoisotopic (exact) mass is 228 g/mol. The van der Waals surface area contributed by atoms with Crippen LogP contribution in [0.1, 0.15) is 17.4 Å². The highest BCUT2D eigenvalue weighted by Gasteiger charge is 2.18. The van der Waals surface area contributed by atoms with E-state index < -0.39 is 11.3 Å². The highest BCUT2D eigenvalue weighted by molar-refractivity contribution is 6.21. The highest BCUT2D eigenvalue weighted by atomic mass is 35.5. The van der Waals surface area contributed by atoms with Crippen LogP contribution >= 0.6 is 11.6 Å². The largest absolute Gasteiger partial charge is 0.481 e. The number of ether oxygens (including phenoxy) is 2. The number of hydrogen-bond acceptors (Lipinski definition) is 3. The van der Waals surface area contributed by atoms with Crippen molar-refractivity contribution >= 4 is 17.6 Å². The summed E-state index contributed by atoms with van der Waals surface area (Å²) in [5, 5.41) is 8.05. The Balaban J connectivity index is 2.19. The molecule has 0 amide bonds. The Hall–Kier alpha value is -1.42. The molecule has 1 N–H and O–H groups in total. The Kier molecular flexibility index (Phi) is 2.68. The fourth-order valence-corrected chi connectivity index (χ4v) is 1.65. The maximum Gasteiger partial charge on any atom is 0.305 e. The fourth-order valence-electron chi connectivity index (χ4n) is 1.38. The molecule has 0 fully saturated rings. The topological polar surface area (TPSA) is 55.8 Å². The van der Waals surface area contributed by atoms with Crippen molar-refractivity contribution in [3.8, 4) is 11.5 Å². The minimum atomic E-state index is -0.923. The molecule has 80 valence electrons. The summed E-state index contributed by atoms with van der Waals surface area (Å²) in [7, 11) is 0. The molecule has 0 saturated heterocycles. The zero-order chi connectivity index (χ0) is 10.8. The molecule has 0 radical (unpaired) electrons. The third-order valence-electron chi connectivity index (χ3n) is 2.11. The number of carbonyl (C=O) groups is 1. The molecule has 5 heteroatoms. The Bertz CT molecular complexity index is 391. The SMILES string of the molecule is O=C(O)CC(Cl)c1ccc2c(c1)OCO2. The van der Waals surface area contributed by atoms with Crippen LogP contribution in [0, 0.1) is 0 Å². The van der Waals surface area contributed by atoms with Gasteiger partial charge in [-0.25, -0.2) is 0 Å². The van der Waals surface area contributed by atoms with E-state index in [1.54, 1.807) is 18.2 Å². The van der Waals surface area contributed by atoms with Gasteiger partial charge in [0.25, 0.3) is 0 Å². The molecule has 0 aliphatic carbocycles. The molecular formula is C10H9ClO4. The summed E-state index contributed by atoms with van der Waals surface area (Å²) in [5.74, 6) is 0.356. The lowest BCUT2D eigenvalue weighted by Crippen LogP contribution is -2.00. The van der Waals surface area contributed by atoms with Crippen molar-refractivity contribution in [1.82, 2.24) is 0 Å². The van der Waals surface area contributed by atoms with E-state index in [4.69, 9.17) is 26.2 Å². The molecule has 1 unspecified atom stereocenters. The van der Waals surface area contributed by atoms with Gasteiger partial charge >= 0.3 is 5.97 Å². The molecule has 0 spiro atoms. The maximum atomic E-state index is 10.5. The number of aliphatic carboxylic acids is 1. The predicted molar refractivity (Wildman–Crippen MR) is 53.4 cm³/mol. The Morgan fingerprint density at radius 1 is 1.47 bits per heavy atom. The second-order valence-corrected chi connectivity index (χ2v) is 3.70. The molecule has 1 heterocycles. The van der Waals surface area contributed by atoms with Gasteiger partial charge in [-0.05, 0) is 17.7 Å². The number of hydrogen-bond donors (Lipinski definition) is 1. The molecule has 1 aromatic rings. The summed E-state index contributed by atoms with van der Waals surface area (Å²) in [5.41, 5.74) is 0.725. The fraction of sp³-hybridized carbons (Fsp3) is 0.300. The van der Waals surface area contributed by atoms with Gasteiger partial charge in [0.2, 0.25) is 6.79 Å². The second kappa shape index (κ2) is 3.98. The molecule has 0 saturated carbocycles. The van der Waals surface area contributed by atoms with E-state index in [9.17, 15) is 4.79 Å². The summed E-state index contributed by atoms with van der Waals surface area (Å²) in [4.78, 5) is 10.5. The molecule has 2 rings (SSSR count). The summed E-state index contributed by atoms with van der Waals surface area (Å²) >= 11 is 5.93. The smallest absolute Gasteiger partial charge is 0.305 e. The van der Waals surface area contributed by atoms with Gasteiger partial charge in [0.15, 0.2) is 11.5 Å². The van der Waals surface area contributed by atoms with Crippen molar-refractivity contribution in [3.63, 3.8) is 0 Å². The van der Waals surface area contributed by atoms with Gasteiger partial charge in [-0.1, -0.05) is 6.07 Å². The summed E-state index contributed by atoms with van der Waals surface area (Å²) in [6.07, 6.45) is -0.110. The first-order valence-electron chi connectivity index (χ1n) is 4.42. The van der Waals surface area contributed by atoms with Gasteiger partial charge in [-0.3, -0.25) is 4.79 Å². The van der Waals surface area contributed by atoms with Crippen molar-refractivity contribution < 1.29 is 19.4 Å². The quantitative estimate of drug-likeness (QED) is 0.806. The molecule has 0 bridgehead atoms. The maximum absolute atomic E-state index is 10.5. The molecule has 1 aromatic carbocycles. The Morgan fingerprint density at radius 2 is 2.20 bits per heavy atom. The van der Waals surface area contributed by atoms with Crippen molar-refractivity contribution in [3.05, 3.63) is 23.8 Å². The van der Waals surface area contributed by atoms with Gasteiger partial charge < -0.3 is 14.6 Å². The average Bonchev–Trinajstić information content (AvgIpc) is 2.62. The lowest BCUT2D eigenvalue weighted by molar-refractivity contribution is -0.137. The van der Waals surface area contributed by atoms with Crippen LogP contribution in [0.2, 0.25) is 0 Å². The van der Waals surface area contributed by atoms with E-state index in [2.05, 4.69) is 0 Å². The third-order valence-corrected chi connectivity index (χ3v) is 2.52. The summed E-state index contributed by atoms with van der Waals surface area (Å²) in [6, 6.07) is 5.19. The zero-order valence-corrected chi connectivity index (χ0v) is 8.53. The molecule has 1 aliphatic rings. The lowest BCUT2D eigenvalue weighted by atomic mass is 10.1. The van der Waals surface area contributed by atoms with Crippen LogP contribution in [0.15, 0.2) is 18.2 Å². The van der Waals surface area contributed by atoms with Gasteiger partial charge in [0.1, 0.15) is 0 Å². The van der Waals surface area contributed by atoms with Crippen LogP contribution in [0.25, 0.3) is 0 Å². The lowest BCUT2D eigenvalue weighted by Gasteiger charge is -2.07. The van der Waals surface area contributed by atoms with Crippen LogP contribution in [-0.2, 0) is 4.79 Å². The van der Waals surface area contributed by atoms with Crippen LogP contribution in [0.4, 0.5) is 0 Å². The molecular weight excluding hydrogens is 220 g/mol. The highest BCUT2D eigenvalue weighted by Crippen LogP contribution is 2.36. The third kappa shape index (κ3) is 2.15. The number of benzene rings is 1. The minimum absolute atomic E-state index is 0.110. The van der Waals surface area contributed by atoms with Gasteiger partial charge in [0.05, 0.1) is 11.8 Å². The zero-order valence-electron chi connectivity index (χ0n) is 7.77. The number of fused-ring (bicyclic) bond motifs is 1. The van der Waals surface area contributed by atoms with Crippen molar-refractivity contribution in [1.29, 1.82) is 0 Å². The number of carboxylic acid groups (broad SMARTS) is 1. The van der Waals surface area contributed by atoms with E-state index in [-0.39, 0.29) is 13.2 Å². The normalized spacial score (nSPS) is 15.0. The molecule has 4 nitrogen and oxygen atoms in total. The number of halogens is 1. The van der Waals surface area contributed by atoms with Gasteiger partial charge in [-0.15, -0.1) is 11.6 Å². The first-order chi connectivity index (χ1) is 7.16. The number of carboxylic acids is 1. The first kappa shape index (κ1) is 10.1. The molecule has 1 atom stereocenters. The van der Waals surface area contributed by atoms with E-state index in [0.29, 0.717) is 11.5 Å². The van der Waals surface area contributed by atoms with Crippen LogP contribution in [0.5, 0.6) is 11.5 Å².